The van der Waals surface area contributed by atoms with Crippen molar-refractivity contribution in [2.24, 2.45) is 0 Å². The van der Waals surface area contributed by atoms with E-state index in [1.165, 1.54) is 17.1 Å². The molecule has 2 aromatic heterocycles. The Labute approximate surface area is 282 Å². The number of benzene rings is 3. The molecule has 1 fully saturated rings. The number of nitrogens with two attached hydrogens (primary N) is 1. The lowest BCUT2D eigenvalue weighted by atomic mass is 10.1. The lowest BCUT2D eigenvalue weighted by molar-refractivity contribution is -0.0604. The molecule has 0 unspecified atom stereocenters. The fourth-order valence-electron chi connectivity index (χ4n) is 5.76. The Morgan fingerprint density at radius 3 is 2.08 bits per heavy atom. The van der Waals surface area contributed by atoms with Gasteiger partial charge in [-0.05, 0) is 63.6 Å². The number of nitrogen functional groups attached to an aromatic ring is 1. The summed E-state index contributed by atoms with van der Waals surface area (Å²) in [5, 5.41) is 10.2. The fourth-order valence-corrected chi connectivity index (χ4v) is 5.76. The molecular weight excluding hydrogens is 626 g/mol. The van der Waals surface area contributed by atoms with E-state index in [4.69, 9.17) is 24.7 Å². The van der Waals surface area contributed by atoms with Crippen LogP contribution >= 0.6 is 0 Å². The second-order valence-electron chi connectivity index (χ2n) is 12.0. The predicted molar refractivity (Wildman–Crippen MR) is 178 cm³/mol. The smallest absolute Gasteiger partial charge is 0.338 e. The summed E-state index contributed by atoms with van der Waals surface area (Å²) in [6, 6.07) is 21.0. The summed E-state index contributed by atoms with van der Waals surface area (Å²) in [5.41, 5.74) is 10.9. The first-order valence-electron chi connectivity index (χ1n) is 15.5. The lowest BCUT2D eigenvalue weighted by Gasteiger charge is -2.25. The number of carbonyl (C=O) groups is 3. The minimum atomic E-state index is -1.30. The number of aromatic nitrogens is 3. The Kier molecular flexibility index (Phi) is 9.11. The number of rotatable bonds is 8. The summed E-state index contributed by atoms with van der Waals surface area (Å²) in [6.45, 7) is 7.11. The van der Waals surface area contributed by atoms with E-state index in [0.29, 0.717) is 16.7 Å². The number of nitrogens with zero attached hydrogens (tertiary/aromatic N) is 4. The minimum Gasteiger partial charge on any atom is -0.459 e. The molecule has 248 valence electrons. The molecule has 0 saturated carbocycles. The maximum absolute atomic E-state index is 13.7. The van der Waals surface area contributed by atoms with Gasteiger partial charge in [-0.3, -0.25) is 0 Å². The van der Waals surface area contributed by atoms with Crippen LogP contribution in [0.25, 0.3) is 11.0 Å². The summed E-state index contributed by atoms with van der Waals surface area (Å²) in [6.07, 6.45) is -2.21. The molecular formula is C37H33N5O7. The number of hydrogen-bond acceptors (Lipinski definition) is 11. The fraction of sp³-hybridized carbons (Fsp3) is 0.243. The van der Waals surface area contributed by atoms with E-state index in [2.05, 4.69) is 16.0 Å². The standard InChI is InChI=1S/C37H33N5O7/c1-20-5-10-24(11-6-20)35(43)46-18-28-30(48-37(45)27-14-9-22(3)15-23(27)4)31(49-36(44)25-12-7-21(2)8-13-25)34(47-28)42-17-26(16-38)29-32(39)40-19-41-33(29)42/h5-15,17,19,28,30-31,34H,18H2,1-4H3,(H2,39,40,41)/t28-,30-,31-,34-/m1/s1. The molecule has 5 aromatic rings. The Hall–Kier alpha value is -6.06. The zero-order valence-corrected chi connectivity index (χ0v) is 27.2. The van der Waals surface area contributed by atoms with Gasteiger partial charge in [-0.25, -0.2) is 24.4 Å². The van der Waals surface area contributed by atoms with Crippen molar-refractivity contribution >= 4 is 34.8 Å². The van der Waals surface area contributed by atoms with E-state index in [9.17, 15) is 19.6 Å². The van der Waals surface area contributed by atoms with Crippen LogP contribution in [0.5, 0.6) is 0 Å². The molecule has 1 aliphatic heterocycles. The summed E-state index contributed by atoms with van der Waals surface area (Å²) in [4.78, 5) is 48.8. The topological polar surface area (TPSA) is 169 Å². The van der Waals surface area contributed by atoms with Gasteiger partial charge in [0.2, 0.25) is 0 Å². The Morgan fingerprint density at radius 1 is 0.837 bits per heavy atom. The Balaban J connectivity index is 1.42. The van der Waals surface area contributed by atoms with Crippen LogP contribution in [0.4, 0.5) is 5.82 Å². The van der Waals surface area contributed by atoms with Crippen molar-refractivity contribution in [1.82, 2.24) is 14.5 Å². The highest BCUT2D eigenvalue weighted by Gasteiger charge is 2.52. The summed E-state index contributed by atoms with van der Waals surface area (Å²) >= 11 is 0. The third-order valence-electron chi connectivity index (χ3n) is 8.36. The molecule has 0 bridgehead atoms. The van der Waals surface area contributed by atoms with Gasteiger partial charge in [0.1, 0.15) is 36.6 Å². The molecule has 4 atom stereocenters. The van der Waals surface area contributed by atoms with Crippen molar-refractivity contribution in [2.75, 3.05) is 12.3 Å². The van der Waals surface area contributed by atoms with Crippen LogP contribution in [0.1, 0.15) is 65.1 Å². The molecule has 12 heteroatoms. The highest BCUT2D eigenvalue weighted by atomic mass is 16.7. The monoisotopic (exact) mass is 659 g/mol. The van der Waals surface area contributed by atoms with E-state index in [-0.39, 0.29) is 34.6 Å². The maximum Gasteiger partial charge on any atom is 0.338 e. The van der Waals surface area contributed by atoms with Crippen LogP contribution in [0, 0.1) is 39.0 Å². The van der Waals surface area contributed by atoms with Crippen LogP contribution in [0.15, 0.2) is 79.3 Å². The van der Waals surface area contributed by atoms with Crippen molar-refractivity contribution in [1.29, 1.82) is 5.26 Å². The number of fused-ring (bicyclic) bond motifs is 1. The summed E-state index contributed by atoms with van der Waals surface area (Å²) in [7, 11) is 0. The second kappa shape index (κ2) is 13.6. The van der Waals surface area contributed by atoms with Crippen molar-refractivity contribution in [3.8, 4) is 6.07 Å². The van der Waals surface area contributed by atoms with Gasteiger partial charge in [-0.2, -0.15) is 5.26 Å². The van der Waals surface area contributed by atoms with Crippen LogP contribution in [0.3, 0.4) is 0 Å². The van der Waals surface area contributed by atoms with Crippen LogP contribution in [-0.4, -0.2) is 57.4 Å². The van der Waals surface area contributed by atoms with Crippen LogP contribution < -0.4 is 5.73 Å². The van der Waals surface area contributed by atoms with E-state index in [0.717, 1.165) is 16.7 Å². The Morgan fingerprint density at radius 2 is 1.45 bits per heavy atom. The van der Waals surface area contributed by atoms with E-state index < -0.39 is 42.4 Å². The molecule has 0 spiro atoms. The lowest BCUT2D eigenvalue weighted by Crippen LogP contribution is -2.41. The first-order valence-corrected chi connectivity index (χ1v) is 15.5. The van der Waals surface area contributed by atoms with Crippen molar-refractivity contribution < 1.29 is 33.3 Å². The third-order valence-corrected chi connectivity index (χ3v) is 8.36. The average Bonchev–Trinajstić information content (AvgIpc) is 3.62. The number of carbonyl (C=O) groups excluding carboxylic acids is 3. The Bertz CT molecular complexity index is 2100. The highest BCUT2D eigenvalue weighted by molar-refractivity contribution is 5.93. The van der Waals surface area contributed by atoms with E-state index in [1.54, 1.807) is 67.6 Å². The number of hydrogen-bond donors (Lipinski definition) is 1. The number of esters is 3. The zero-order valence-electron chi connectivity index (χ0n) is 27.2. The molecule has 3 heterocycles. The van der Waals surface area contributed by atoms with E-state index in [1.807, 2.05) is 26.8 Å². The SMILES string of the molecule is Cc1ccc(C(=O)OC[C@H]2O[C@@H](n3cc(C#N)c4c(N)ncnc43)[C@H](OC(=O)c3ccc(C)cc3)[C@@H]2OC(=O)c2ccc(C)cc2C)cc1. The van der Waals surface area contributed by atoms with Crippen LogP contribution in [0.2, 0.25) is 0 Å². The molecule has 2 N–H and O–H groups in total. The molecule has 0 amide bonds. The second-order valence-corrected chi connectivity index (χ2v) is 12.0. The van der Waals surface area contributed by atoms with Gasteiger partial charge in [0.15, 0.2) is 18.4 Å². The summed E-state index contributed by atoms with van der Waals surface area (Å²) in [5.74, 6) is -1.97. The van der Waals surface area contributed by atoms with Gasteiger partial charge in [-0.15, -0.1) is 0 Å². The molecule has 0 radical (unpaired) electrons. The number of ether oxygens (including phenoxy) is 4. The number of anilines is 1. The van der Waals surface area contributed by atoms with Gasteiger partial charge in [0, 0.05) is 6.20 Å². The highest BCUT2D eigenvalue weighted by Crippen LogP contribution is 2.38. The molecule has 6 rings (SSSR count). The first-order chi connectivity index (χ1) is 23.5. The first kappa shape index (κ1) is 32.9. The van der Waals surface area contributed by atoms with Gasteiger partial charge in [-0.1, -0.05) is 53.1 Å². The van der Waals surface area contributed by atoms with Gasteiger partial charge < -0.3 is 29.2 Å². The predicted octanol–water partition coefficient (Wildman–Crippen LogP) is 5.32. The molecule has 12 nitrogen and oxygen atoms in total. The van der Waals surface area contributed by atoms with Crippen molar-refractivity contribution in [3.63, 3.8) is 0 Å². The van der Waals surface area contributed by atoms with Crippen molar-refractivity contribution in [3.05, 3.63) is 124 Å². The number of aryl methyl sites for hydroxylation is 4. The maximum atomic E-state index is 13.7. The minimum absolute atomic E-state index is 0.0629. The molecule has 0 aliphatic carbocycles. The average molecular weight is 660 g/mol. The number of nitriles is 1. The summed E-state index contributed by atoms with van der Waals surface area (Å²) < 4.78 is 25.8. The molecule has 1 saturated heterocycles. The van der Waals surface area contributed by atoms with Gasteiger partial charge >= 0.3 is 17.9 Å². The van der Waals surface area contributed by atoms with Crippen LogP contribution in [-0.2, 0) is 18.9 Å². The normalized spacial score (nSPS) is 18.5. The van der Waals surface area contributed by atoms with Gasteiger partial charge in [0.25, 0.3) is 0 Å². The van der Waals surface area contributed by atoms with E-state index >= 15 is 0 Å². The van der Waals surface area contributed by atoms with Crippen molar-refractivity contribution in [2.45, 2.75) is 52.2 Å². The third kappa shape index (κ3) is 6.70. The molecule has 1 aliphatic rings. The van der Waals surface area contributed by atoms with Gasteiger partial charge in [0.05, 0.1) is 27.6 Å². The largest absolute Gasteiger partial charge is 0.459 e. The zero-order chi connectivity index (χ0) is 34.8. The molecule has 3 aromatic carbocycles. The molecule has 49 heavy (non-hydrogen) atoms. The quantitative estimate of drug-likeness (QED) is 0.169.